The van der Waals surface area contributed by atoms with Crippen molar-refractivity contribution in [2.75, 3.05) is 19.8 Å². The maximum Gasteiger partial charge on any atom is 0.530 e. The third-order valence-electron chi connectivity index (χ3n) is 3.07. The number of carbonyl (C=O) groups excluding carboxylic acids is 2. The molecule has 0 radical (unpaired) electrons. The maximum absolute atomic E-state index is 12.5. The van der Waals surface area contributed by atoms with Crippen molar-refractivity contribution in [1.82, 2.24) is 5.32 Å². The lowest BCUT2D eigenvalue weighted by atomic mass is 10.1. The molecule has 0 atom stereocenters. The number of amides is 1. The number of phosphoric ester groups is 1. The van der Waals surface area contributed by atoms with Crippen LogP contribution in [0.3, 0.4) is 0 Å². The van der Waals surface area contributed by atoms with Crippen molar-refractivity contribution in [2.24, 2.45) is 0 Å². The van der Waals surface area contributed by atoms with Crippen molar-refractivity contribution >= 4 is 20.2 Å². The monoisotopic (exact) mass is 401 g/mol. The molecular formula is C18H28NO7P. The second-order valence-electron chi connectivity index (χ2n) is 6.54. The molecule has 1 N–H and O–H groups in total. The summed E-state index contributed by atoms with van der Waals surface area (Å²) in [4.78, 5) is 23.0. The van der Waals surface area contributed by atoms with Gasteiger partial charge in [0.05, 0.1) is 18.8 Å². The van der Waals surface area contributed by atoms with Crippen molar-refractivity contribution < 1.29 is 32.5 Å². The number of phosphoric acid groups is 1. The van der Waals surface area contributed by atoms with Crippen LogP contribution in [0.5, 0.6) is 5.75 Å². The number of alkyl carbamates (subject to hydrolysis) is 1. The fourth-order valence-corrected chi connectivity index (χ4v) is 3.30. The molecule has 0 bridgehead atoms. The highest BCUT2D eigenvalue weighted by molar-refractivity contribution is 7.48. The summed E-state index contributed by atoms with van der Waals surface area (Å²) in [5, 5.41) is 2.65. The molecule has 0 aliphatic carbocycles. The first kappa shape index (κ1) is 23.1. The molecule has 0 aliphatic heterocycles. The van der Waals surface area contributed by atoms with Crippen LogP contribution in [0.1, 0.15) is 50.5 Å². The van der Waals surface area contributed by atoms with Crippen LogP contribution in [0.2, 0.25) is 0 Å². The summed E-state index contributed by atoms with van der Waals surface area (Å²) in [5.41, 5.74) is 0.440. The summed E-state index contributed by atoms with van der Waals surface area (Å²) in [6, 6.07) is 4.83. The van der Waals surface area contributed by atoms with Crippen molar-refractivity contribution in [2.45, 2.75) is 46.6 Å². The minimum absolute atomic E-state index is 0.110. The average molecular weight is 401 g/mol. The molecule has 8 nitrogen and oxygen atoms in total. The predicted octanol–water partition coefficient (Wildman–Crippen LogP) is 4.13. The Morgan fingerprint density at radius 3 is 2.33 bits per heavy atom. The van der Waals surface area contributed by atoms with Gasteiger partial charge in [-0.05, 0) is 58.7 Å². The van der Waals surface area contributed by atoms with Crippen molar-refractivity contribution in [3.8, 4) is 5.75 Å². The fraction of sp³-hybridized carbons (Fsp3) is 0.556. The first-order valence-corrected chi connectivity index (χ1v) is 10.2. The van der Waals surface area contributed by atoms with E-state index in [1.165, 1.54) is 6.07 Å². The Morgan fingerprint density at radius 2 is 1.81 bits per heavy atom. The van der Waals surface area contributed by atoms with Gasteiger partial charge in [0.1, 0.15) is 11.4 Å². The zero-order valence-corrected chi connectivity index (χ0v) is 17.3. The van der Waals surface area contributed by atoms with E-state index in [0.29, 0.717) is 19.3 Å². The lowest BCUT2D eigenvalue weighted by Gasteiger charge is -2.20. The van der Waals surface area contributed by atoms with E-state index in [0.717, 1.165) is 5.56 Å². The van der Waals surface area contributed by atoms with E-state index in [-0.39, 0.29) is 24.5 Å². The quantitative estimate of drug-likeness (QED) is 0.465. The van der Waals surface area contributed by atoms with Crippen LogP contribution in [0.4, 0.5) is 4.79 Å². The molecule has 9 heteroatoms. The molecule has 1 amide bonds. The number of ether oxygens (including phenoxy) is 1. The van der Waals surface area contributed by atoms with Gasteiger partial charge in [0.15, 0.2) is 6.29 Å². The summed E-state index contributed by atoms with van der Waals surface area (Å²) in [6.07, 6.45) is 0.574. The van der Waals surface area contributed by atoms with Gasteiger partial charge in [0, 0.05) is 6.54 Å². The molecule has 0 saturated carbocycles. The topological polar surface area (TPSA) is 100 Å². The van der Waals surface area contributed by atoms with Crippen LogP contribution >= 0.6 is 7.82 Å². The molecule has 0 spiro atoms. The van der Waals surface area contributed by atoms with Gasteiger partial charge < -0.3 is 14.6 Å². The zero-order valence-electron chi connectivity index (χ0n) is 16.4. The summed E-state index contributed by atoms with van der Waals surface area (Å²) in [7, 11) is -3.78. The Morgan fingerprint density at radius 1 is 1.19 bits per heavy atom. The van der Waals surface area contributed by atoms with Gasteiger partial charge in [-0.1, -0.05) is 6.07 Å². The van der Waals surface area contributed by atoms with Crippen LogP contribution in [-0.4, -0.2) is 37.7 Å². The molecule has 0 saturated heterocycles. The normalized spacial score (nSPS) is 11.7. The van der Waals surface area contributed by atoms with E-state index in [2.05, 4.69) is 5.32 Å². The zero-order chi connectivity index (χ0) is 20.5. The number of nitrogens with one attached hydrogen (secondary N) is 1. The van der Waals surface area contributed by atoms with E-state index in [1.54, 1.807) is 46.8 Å². The number of hydrogen-bond acceptors (Lipinski definition) is 7. The van der Waals surface area contributed by atoms with Gasteiger partial charge in [0.25, 0.3) is 0 Å². The van der Waals surface area contributed by atoms with Gasteiger partial charge in [0.2, 0.25) is 0 Å². The molecule has 1 rings (SSSR count). The highest BCUT2D eigenvalue weighted by atomic mass is 31.2. The smallest absolute Gasteiger partial charge is 0.444 e. The van der Waals surface area contributed by atoms with Gasteiger partial charge in [-0.2, -0.15) is 0 Å². The average Bonchev–Trinajstić information content (AvgIpc) is 2.54. The Balaban J connectivity index is 2.75. The van der Waals surface area contributed by atoms with Crippen molar-refractivity contribution in [3.63, 3.8) is 0 Å². The highest BCUT2D eigenvalue weighted by Crippen LogP contribution is 2.49. The summed E-state index contributed by atoms with van der Waals surface area (Å²) < 4.78 is 33.1. The number of benzene rings is 1. The van der Waals surface area contributed by atoms with Gasteiger partial charge in [-0.3, -0.25) is 13.8 Å². The minimum Gasteiger partial charge on any atom is -0.444 e. The molecule has 0 heterocycles. The Labute approximate surface area is 160 Å². The van der Waals surface area contributed by atoms with E-state index in [4.69, 9.17) is 18.3 Å². The summed E-state index contributed by atoms with van der Waals surface area (Å²) in [6.45, 7) is 9.29. The summed E-state index contributed by atoms with van der Waals surface area (Å²) >= 11 is 0. The lowest BCUT2D eigenvalue weighted by molar-refractivity contribution is 0.0528. The third-order valence-corrected chi connectivity index (χ3v) is 4.64. The second-order valence-corrected chi connectivity index (χ2v) is 8.14. The van der Waals surface area contributed by atoms with Gasteiger partial charge in [-0.25, -0.2) is 9.36 Å². The molecular weight excluding hydrogens is 373 g/mol. The molecule has 27 heavy (non-hydrogen) atoms. The van der Waals surface area contributed by atoms with E-state index >= 15 is 0 Å². The van der Waals surface area contributed by atoms with Crippen LogP contribution < -0.4 is 9.84 Å². The predicted molar refractivity (Wildman–Crippen MR) is 101 cm³/mol. The van der Waals surface area contributed by atoms with Gasteiger partial charge in [-0.15, -0.1) is 0 Å². The maximum atomic E-state index is 12.5. The third kappa shape index (κ3) is 8.56. The van der Waals surface area contributed by atoms with E-state index < -0.39 is 19.5 Å². The van der Waals surface area contributed by atoms with Crippen LogP contribution in [0.25, 0.3) is 0 Å². The second kappa shape index (κ2) is 10.4. The van der Waals surface area contributed by atoms with Crippen LogP contribution in [0, 0.1) is 0 Å². The SMILES string of the molecule is CCOP(=O)(OCC)Oc1ccc(CCNC(=O)OC(C)(C)C)cc1C=O. The number of hydrogen-bond donors (Lipinski definition) is 1. The van der Waals surface area contributed by atoms with Crippen LogP contribution in [0.15, 0.2) is 18.2 Å². The minimum atomic E-state index is -3.78. The van der Waals surface area contributed by atoms with Crippen molar-refractivity contribution in [3.05, 3.63) is 29.3 Å². The summed E-state index contributed by atoms with van der Waals surface area (Å²) in [5.74, 6) is 0.110. The van der Waals surface area contributed by atoms with Crippen molar-refractivity contribution in [1.29, 1.82) is 0 Å². The molecule has 1 aromatic rings. The lowest BCUT2D eigenvalue weighted by Crippen LogP contribution is -2.33. The number of aldehydes is 1. The number of rotatable bonds is 10. The molecule has 0 aliphatic rings. The molecule has 152 valence electrons. The Bertz CT molecular complexity index is 675. The standard InChI is InChI=1S/C18H28NO7P/c1-6-23-27(22,24-7-2)26-16-9-8-14(12-15(16)13-20)10-11-19-17(21)25-18(3,4)5/h8-9,12-13H,6-7,10-11H2,1-5H3,(H,19,21). The van der Waals surface area contributed by atoms with Crippen LogP contribution in [-0.2, 0) is 24.8 Å². The first-order chi connectivity index (χ1) is 12.6. The number of carbonyl (C=O) groups is 2. The van der Waals surface area contributed by atoms with E-state index in [9.17, 15) is 14.2 Å². The molecule has 1 aromatic carbocycles. The fourth-order valence-electron chi connectivity index (χ4n) is 2.08. The highest BCUT2D eigenvalue weighted by Gasteiger charge is 2.28. The molecule has 0 fully saturated rings. The largest absolute Gasteiger partial charge is 0.530 e. The Hall–Kier alpha value is -1.89. The van der Waals surface area contributed by atoms with Gasteiger partial charge >= 0.3 is 13.9 Å². The van der Waals surface area contributed by atoms with E-state index in [1.807, 2.05) is 0 Å². The first-order valence-electron chi connectivity index (χ1n) is 8.76. The molecule has 0 unspecified atom stereocenters. The molecule has 0 aromatic heterocycles. The Kier molecular flexibility index (Phi) is 8.96.